The van der Waals surface area contributed by atoms with Gasteiger partial charge >= 0.3 is 0 Å². The van der Waals surface area contributed by atoms with Gasteiger partial charge in [0.1, 0.15) is 0 Å². The fraction of sp³-hybridized carbons (Fsp3) is 0. The highest BCUT2D eigenvalue weighted by molar-refractivity contribution is 5.48. The van der Waals surface area contributed by atoms with Gasteiger partial charge in [-0.3, -0.25) is 0 Å². The van der Waals surface area contributed by atoms with E-state index >= 15 is 0 Å². The molecule has 0 saturated heterocycles. The topological polar surface area (TPSA) is 52.0 Å². The first-order chi connectivity index (χ1) is 3.93. The summed E-state index contributed by atoms with van der Waals surface area (Å²) in [7, 11) is 0. The standard InChI is InChI=1S/C5H5N3/c6-4-8-5-1-2-7-3-5/h1-3,6-7H. The Kier molecular flexibility index (Phi) is 1.26. The third-order valence-electron chi connectivity index (χ3n) is 0.767. The Bertz CT molecular complexity index is 193. The van der Waals surface area contributed by atoms with Gasteiger partial charge in [-0.1, -0.05) is 0 Å². The minimum Gasteiger partial charge on any atom is -0.366 e. The quantitative estimate of drug-likeness (QED) is 0.510. The summed E-state index contributed by atoms with van der Waals surface area (Å²) < 4.78 is 0. The predicted octanol–water partition coefficient (Wildman–Crippen LogP) is 1.40. The van der Waals surface area contributed by atoms with E-state index in [-0.39, 0.29) is 0 Å². The third-order valence-corrected chi connectivity index (χ3v) is 0.767. The predicted molar refractivity (Wildman–Crippen MR) is 30.6 cm³/mol. The lowest BCUT2D eigenvalue weighted by atomic mass is 10.6. The molecule has 0 bridgehead atoms. The zero-order valence-electron chi connectivity index (χ0n) is 4.18. The summed E-state index contributed by atoms with van der Waals surface area (Å²) in [6.07, 6.45) is 3.44. The van der Waals surface area contributed by atoms with Gasteiger partial charge in [0, 0.05) is 12.4 Å². The summed E-state index contributed by atoms with van der Waals surface area (Å²) in [5.74, 6) is 0. The number of nitrogens with zero attached hydrogens (tertiary/aromatic N) is 1. The van der Waals surface area contributed by atoms with Crippen LogP contribution in [0.5, 0.6) is 0 Å². The van der Waals surface area contributed by atoms with Crippen LogP contribution in [0.2, 0.25) is 0 Å². The number of aromatic nitrogens is 1. The Balaban J connectivity index is 2.93. The molecule has 0 spiro atoms. The first kappa shape index (κ1) is 4.81. The van der Waals surface area contributed by atoms with E-state index in [1.165, 1.54) is 0 Å². The molecule has 0 fully saturated rings. The van der Waals surface area contributed by atoms with Crippen LogP contribution in [-0.2, 0) is 0 Å². The van der Waals surface area contributed by atoms with Crippen LogP contribution in [0.15, 0.2) is 23.5 Å². The molecular formula is C5H5N3. The molecule has 40 valence electrons. The summed E-state index contributed by atoms with van der Waals surface area (Å²) in [4.78, 5) is 6.35. The van der Waals surface area contributed by atoms with Gasteiger partial charge in [-0.15, -0.1) is 0 Å². The summed E-state index contributed by atoms with van der Waals surface area (Å²) in [5, 5.41) is 6.45. The maximum absolute atomic E-state index is 6.45. The minimum absolute atomic E-state index is 0.736. The summed E-state index contributed by atoms with van der Waals surface area (Å²) in [6.45, 7) is 0. The Morgan fingerprint density at radius 2 is 2.62 bits per heavy atom. The molecular weight excluding hydrogens is 102 g/mol. The van der Waals surface area contributed by atoms with Crippen LogP contribution in [-0.4, -0.2) is 11.0 Å². The van der Waals surface area contributed by atoms with E-state index in [1.54, 1.807) is 18.5 Å². The third kappa shape index (κ3) is 0.832. The van der Waals surface area contributed by atoms with Gasteiger partial charge in [0.05, 0.1) is 11.7 Å². The van der Waals surface area contributed by atoms with Crippen LogP contribution < -0.4 is 0 Å². The van der Waals surface area contributed by atoms with E-state index in [0.717, 1.165) is 5.69 Å². The molecule has 0 atom stereocenters. The summed E-state index contributed by atoms with van der Waals surface area (Å²) >= 11 is 0. The molecule has 0 aromatic carbocycles. The second kappa shape index (κ2) is 2.09. The Hall–Kier alpha value is -1.34. The second-order valence-corrected chi connectivity index (χ2v) is 1.29. The lowest BCUT2D eigenvalue weighted by Gasteiger charge is -1.70. The van der Waals surface area contributed by atoms with Gasteiger partial charge in [0.2, 0.25) is 0 Å². The maximum Gasteiger partial charge on any atom is 0.0920 e. The number of H-pyrrole nitrogens is 1. The number of aromatic amines is 1. The molecule has 0 aliphatic carbocycles. The van der Waals surface area contributed by atoms with Crippen molar-refractivity contribution in [3.05, 3.63) is 18.5 Å². The largest absolute Gasteiger partial charge is 0.366 e. The molecule has 8 heavy (non-hydrogen) atoms. The Labute approximate surface area is 46.6 Å². The van der Waals surface area contributed by atoms with Gasteiger partial charge in [-0.05, 0) is 6.07 Å². The average Bonchev–Trinajstić information content (AvgIpc) is 2.19. The Morgan fingerprint density at radius 3 is 3.12 bits per heavy atom. The van der Waals surface area contributed by atoms with Crippen molar-refractivity contribution in [2.75, 3.05) is 0 Å². The molecule has 0 aliphatic heterocycles. The first-order valence-electron chi connectivity index (χ1n) is 2.19. The van der Waals surface area contributed by atoms with Crippen LogP contribution in [0.4, 0.5) is 5.69 Å². The summed E-state index contributed by atoms with van der Waals surface area (Å²) in [5.41, 5.74) is 0.736. The lowest BCUT2D eigenvalue weighted by Crippen LogP contribution is -1.48. The van der Waals surface area contributed by atoms with Crippen molar-refractivity contribution in [2.24, 2.45) is 4.99 Å². The van der Waals surface area contributed by atoms with E-state index in [9.17, 15) is 0 Å². The number of hydrogen-bond acceptors (Lipinski definition) is 2. The normalized spacial score (nSPS) is 8.00. The number of hydrogen-bond donors (Lipinski definition) is 2. The molecule has 0 unspecified atom stereocenters. The SMILES string of the molecule is N=C=Nc1cc[nH]c1. The van der Waals surface area contributed by atoms with Crippen molar-refractivity contribution in [1.29, 1.82) is 5.41 Å². The molecule has 0 radical (unpaired) electrons. The highest BCUT2D eigenvalue weighted by atomic mass is 14.8. The van der Waals surface area contributed by atoms with E-state index in [2.05, 4.69) is 9.98 Å². The van der Waals surface area contributed by atoms with Gasteiger partial charge < -0.3 is 4.98 Å². The van der Waals surface area contributed by atoms with Crippen LogP contribution >= 0.6 is 0 Å². The van der Waals surface area contributed by atoms with E-state index in [0.29, 0.717) is 0 Å². The molecule has 0 amide bonds. The highest BCUT2D eigenvalue weighted by Crippen LogP contribution is 2.05. The van der Waals surface area contributed by atoms with Crippen molar-refractivity contribution in [2.45, 2.75) is 0 Å². The number of nitrogens with one attached hydrogen (secondary N) is 2. The highest BCUT2D eigenvalue weighted by Gasteiger charge is 1.80. The van der Waals surface area contributed by atoms with E-state index in [1.807, 2.05) is 6.01 Å². The smallest absolute Gasteiger partial charge is 0.0920 e. The van der Waals surface area contributed by atoms with Crippen molar-refractivity contribution in [3.63, 3.8) is 0 Å². The van der Waals surface area contributed by atoms with Crippen molar-refractivity contribution >= 4 is 11.7 Å². The molecule has 2 N–H and O–H groups in total. The zero-order valence-corrected chi connectivity index (χ0v) is 4.18. The van der Waals surface area contributed by atoms with Crippen LogP contribution in [0.3, 0.4) is 0 Å². The van der Waals surface area contributed by atoms with E-state index in [4.69, 9.17) is 5.41 Å². The number of aliphatic imine (C=N–C) groups is 1. The van der Waals surface area contributed by atoms with E-state index < -0.39 is 0 Å². The van der Waals surface area contributed by atoms with Crippen LogP contribution in [0, 0.1) is 5.41 Å². The molecule has 0 saturated carbocycles. The molecule has 1 aromatic rings. The van der Waals surface area contributed by atoms with Crippen molar-refractivity contribution in [1.82, 2.24) is 4.98 Å². The minimum atomic E-state index is 0.736. The molecule has 3 heteroatoms. The van der Waals surface area contributed by atoms with Gasteiger partial charge in [-0.2, -0.15) is 4.99 Å². The lowest BCUT2D eigenvalue weighted by molar-refractivity contribution is 1.40. The molecule has 1 rings (SSSR count). The average molecular weight is 107 g/mol. The number of rotatable bonds is 1. The van der Waals surface area contributed by atoms with Crippen LogP contribution in [0.1, 0.15) is 0 Å². The van der Waals surface area contributed by atoms with Crippen molar-refractivity contribution in [3.8, 4) is 0 Å². The summed E-state index contributed by atoms with van der Waals surface area (Å²) in [6, 6.07) is 3.69. The fourth-order valence-corrected chi connectivity index (χ4v) is 0.449. The fourth-order valence-electron chi connectivity index (χ4n) is 0.449. The Morgan fingerprint density at radius 1 is 1.75 bits per heavy atom. The van der Waals surface area contributed by atoms with Gasteiger partial charge in [0.25, 0.3) is 0 Å². The van der Waals surface area contributed by atoms with Gasteiger partial charge in [0.15, 0.2) is 0 Å². The first-order valence-corrected chi connectivity index (χ1v) is 2.19. The zero-order chi connectivity index (χ0) is 5.82. The van der Waals surface area contributed by atoms with Gasteiger partial charge in [-0.25, -0.2) is 5.41 Å². The monoisotopic (exact) mass is 107 g/mol. The molecule has 1 aromatic heterocycles. The molecule has 1 heterocycles. The second-order valence-electron chi connectivity index (χ2n) is 1.29. The van der Waals surface area contributed by atoms with Crippen LogP contribution in [0.25, 0.3) is 0 Å². The molecule has 3 nitrogen and oxygen atoms in total. The molecule has 0 aliphatic rings. The van der Waals surface area contributed by atoms with Crippen molar-refractivity contribution < 1.29 is 0 Å². The maximum atomic E-state index is 6.45.